The van der Waals surface area contributed by atoms with Crippen molar-refractivity contribution in [3.8, 4) is 0 Å². The van der Waals surface area contributed by atoms with Crippen molar-refractivity contribution in [2.75, 3.05) is 11.9 Å². The third-order valence-corrected chi connectivity index (χ3v) is 4.77. The number of carbonyl (C=O) groups excluding carboxylic acids is 1. The van der Waals surface area contributed by atoms with Crippen molar-refractivity contribution in [3.05, 3.63) is 44.6 Å². The molecule has 3 heterocycles. The van der Waals surface area contributed by atoms with Gasteiger partial charge in [-0.25, -0.2) is 9.78 Å². The van der Waals surface area contributed by atoms with Gasteiger partial charge in [-0.1, -0.05) is 0 Å². The van der Waals surface area contributed by atoms with Crippen LogP contribution in [0, 0.1) is 0 Å². The van der Waals surface area contributed by atoms with Crippen LogP contribution in [0.1, 0.15) is 23.5 Å². The quantitative estimate of drug-likeness (QED) is 0.894. The van der Waals surface area contributed by atoms with Crippen molar-refractivity contribution in [1.29, 1.82) is 0 Å². The van der Waals surface area contributed by atoms with E-state index in [1.807, 2.05) is 18.4 Å². The number of hydrogen-bond acceptors (Lipinski definition) is 5. The Kier molecular flexibility index (Phi) is 4.44. The van der Waals surface area contributed by atoms with Crippen molar-refractivity contribution in [2.24, 2.45) is 7.05 Å². The van der Waals surface area contributed by atoms with Crippen LogP contribution < -0.4 is 16.2 Å². The van der Waals surface area contributed by atoms with Gasteiger partial charge in [-0.2, -0.15) is 0 Å². The van der Waals surface area contributed by atoms with Crippen molar-refractivity contribution < 1.29 is 9.53 Å². The Bertz CT molecular complexity index is 770. The zero-order valence-corrected chi connectivity index (χ0v) is 13.7. The van der Waals surface area contributed by atoms with Gasteiger partial charge in [-0.05, 0) is 23.9 Å². The summed E-state index contributed by atoms with van der Waals surface area (Å²) in [6.07, 6.45) is 3.72. The number of rotatable bonds is 3. The summed E-state index contributed by atoms with van der Waals surface area (Å²) in [5.74, 6) is 0.000449. The van der Waals surface area contributed by atoms with Gasteiger partial charge in [-0.3, -0.25) is 10.1 Å². The lowest BCUT2D eigenvalue weighted by Crippen LogP contribution is -2.42. The molecule has 0 saturated heterocycles. The zero-order valence-electron chi connectivity index (χ0n) is 12.9. The maximum atomic E-state index is 12.1. The monoisotopic (exact) mass is 334 g/mol. The minimum atomic E-state index is -0.473. The predicted octanol–water partition coefficient (Wildman–Crippen LogP) is 1.67. The maximum Gasteiger partial charge on any atom is 0.320 e. The highest BCUT2D eigenvalue weighted by Gasteiger charge is 2.28. The number of nitrogens with zero attached hydrogens (tertiary/aromatic N) is 2. The molecule has 7 nitrogen and oxygen atoms in total. The third kappa shape index (κ3) is 3.27. The van der Waals surface area contributed by atoms with E-state index in [0.29, 0.717) is 6.61 Å². The second-order valence-corrected chi connectivity index (χ2v) is 6.42. The fourth-order valence-corrected chi connectivity index (χ4v) is 3.50. The largest absolute Gasteiger partial charge is 0.371 e. The van der Waals surface area contributed by atoms with Crippen molar-refractivity contribution in [1.82, 2.24) is 14.9 Å². The van der Waals surface area contributed by atoms with Crippen LogP contribution >= 0.6 is 11.3 Å². The number of aromatic nitrogens is 2. The lowest BCUT2D eigenvalue weighted by atomic mass is 10.0. The Morgan fingerprint density at radius 1 is 1.57 bits per heavy atom. The van der Waals surface area contributed by atoms with Gasteiger partial charge < -0.3 is 14.6 Å². The number of aryl methyl sites for hydroxylation is 1. The SMILES string of the molecule is C[C@@H](NC(=O)Nc1nccn(C)c1=O)[C@H]1OCCc2sccc21. The Morgan fingerprint density at radius 3 is 3.22 bits per heavy atom. The standard InChI is InChI=1S/C15H18N4O3S/c1-9(12-10-4-8-23-11(10)3-7-22-12)17-15(21)18-13-14(20)19(2)6-5-16-13/h4-6,8-9,12H,3,7H2,1-2H3,(H2,16,17,18,21)/t9-,12-/m1/s1. The van der Waals surface area contributed by atoms with E-state index in [2.05, 4.69) is 15.6 Å². The highest BCUT2D eigenvalue weighted by Crippen LogP contribution is 2.33. The number of nitrogens with one attached hydrogen (secondary N) is 2. The molecule has 0 fully saturated rings. The number of thiophene rings is 1. The van der Waals surface area contributed by atoms with E-state index in [1.165, 1.54) is 21.8 Å². The highest BCUT2D eigenvalue weighted by molar-refractivity contribution is 7.10. The van der Waals surface area contributed by atoms with Crippen LogP contribution in [0.25, 0.3) is 0 Å². The summed E-state index contributed by atoms with van der Waals surface area (Å²) in [5.41, 5.74) is 0.771. The average Bonchev–Trinajstić information content (AvgIpc) is 3.00. The Balaban J connectivity index is 1.67. The van der Waals surface area contributed by atoms with Crippen LogP contribution in [0.15, 0.2) is 28.6 Å². The van der Waals surface area contributed by atoms with Gasteiger partial charge >= 0.3 is 6.03 Å². The van der Waals surface area contributed by atoms with Gasteiger partial charge in [0.2, 0.25) is 5.82 Å². The molecule has 8 heteroatoms. The van der Waals surface area contributed by atoms with Gasteiger partial charge in [0.05, 0.1) is 12.6 Å². The molecule has 122 valence electrons. The van der Waals surface area contributed by atoms with Gasteiger partial charge in [0.15, 0.2) is 0 Å². The normalized spacial score (nSPS) is 18.1. The van der Waals surface area contributed by atoms with Crippen molar-refractivity contribution in [2.45, 2.75) is 25.5 Å². The molecule has 2 N–H and O–H groups in total. The maximum absolute atomic E-state index is 12.1. The summed E-state index contributed by atoms with van der Waals surface area (Å²) in [7, 11) is 1.60. The van der Waals surface area contributed by atoms with E-state index in [9.17, 15) is 9.59 Å². The van der Waals surface area contributed by atoms with E-state index < -0.39 is 6.03 Å². The lowest BCUT2D eigenvalue weighted by Gasteiger charge is -2.29. The number of amides is 2. The molecule has 2 aromatic heterocycles. The molecule has 0 unspecified atom stereocenters. The number of hydrogen-bond donors (Lipinski definition) is 2. The molecule has 0 saturated carbocycles. The molecule has 0 radical (unpaired) electrons. The molecule has 0 aromatic carbocycles. The number of fused-ring (bicyclic) bond motifs is 1. The molecule has 0 aliphatic carbocycles. The van der Waals surface area contributed by atoms with E-state index >= 15 is 0 Å². The van der Waals surface area contributed by atoms with Crippen molar-refractivity contribution in [3.63, 3.8) is 0 Å². The lowest BCUT2D eigenvalue weighted by molar-refractivity contribution is 0.0238. The number of urea groups is 1. The smallest absolute Gasteiger partial charge is 0.320 e. The summed E-state index contributed by atoms with van der Waals surface area (Å²) in [6, 6.07) is 1.34. The van der Waals surface area contributed by atoms with E-state index in [4.69, 9.17) is 4.74 Å². The summed E-state index contributed by atoms with van der Waals surface area (Å²) >= 11 is 1.71. The molecule has 1 aliphatic heterocycles. The van der Waals surface area contributed by atoms with E-state index in [0.717, 1.165) is 12.0 Å². The summed E-state index contributed by atoms with van der Waals surface area (Å²) < 4.78 is 7.16. The third-order valence-electron chi connectivity index (χ3n) is 3.77. The minimum absolute atomic E-state index is 0.000449. The summed E-state index contributed by atoms with van der Waals surface area (Å²) in [6.45, 7) is 2.53. The van der Waals surface area contributed by atoms with Gasteiger partial charge in [0.25, 0.3) is 5.56 Å². The van der Waals surface area contributed by atoms with Crippen LogP contribution in [0.2, 0.25) is 0 Å². The molecule has 2 amide bonds. The van der Waals surface area contributed by atoms with Crippen LogP contribution in [0.5, 0.6) is 0 Å². The van der Waals surface area contributed by atoms with Gasteiger partial charge in [0.1, 0.15) is 6.10 Å². The second-order valence-electron chi connectivity index (χ2n) is 5.42. The molecule has 0 bridgehead atoms. The molecular weight excluding hydrogens is 316 g/mol. The second kappa shape index (κ2) is 6.51. The molecule has 2 aromatic rings. The van der Waals surface area contributed by atoms with Crippen molar-refractivity contribution >= 4 is 23.2 Å². The first kappa shape index (κ1) is 15.7. The molecule has 2 atom stereocenters. The Labute approximate surface area is 137 Å². The zero-order chi connectivity index (χ0) is 16.4. The minimum Gasteiger partial charge on any atom is -0.371 e. The first-order valence-corrected chi connectivity index (χ1v) is 8.21. The molecular formula is C15H18N4O3S. The fraction of sp³-hybridized carbons (Fsp3) is 0.400. The van der Waals surface area contributed by atoms with Crippen LogP contribution in [-0.2, 0) is 18.2 Å². The number of carbonyl (C=O) groups is 1. The van der Waals surface area contributed by atoms with Crippen LogP contribution in [0.3, 0.4) is 0 Å². The molecule has 0 spiro atoms. The Hall–Kier alpha value is -2.19. The van der Waals surface area contributed by atoms with Crippen LogP contribution in [0.4, 0.5) is 10.6 Å². The van der Waals surface area contributed by atoms with E-state index in [-0.39, 0.29) is 23.5 Å². The fourth-order valence-electron chi connectivity index (χ4n) is 2.60. The average molecular weight is 334 g/mol. The van der Waals surface area contributed by atoms with Gasteiger partial charge in [0, 0.05) is 30.7 Å². The molecule has 23 heavy (non-hydrogen) atoms. The molecule has 1 aliphatic rings. The first-order valence-electron chi connectivity index (χ1n) is 7.33. The van der Waals surface area contributed by atoms with E-state index in [1.54, 1.807) is 18.4 Å². The molecule has 3 rings (SSSR count). The predicted molar refractivity (Wildman–Crippen MR) is 87.8 cm³/mol. The van der Waals surface area contributed by atoms with Crippen LogP contribution in [-0.4, -0.2) is 28.2 Å². The summed E-state index contributed by atoms with van der Waals surface area (Å²) in [5, 5.41) is 7.35. The number of ether oxygens (including phenoxy) is 1. The number of anilines is 1. The highest BCUT2D eigenvalue weighted by atomic mass is 32.1. The first-order chi connectivity index (χ1) is 11.1. The summed E-state index contributed by atoms with van der Waals surface area (Å²) in [4.78, 5) is 29.2. The topological polar surface area (TPSA) is 85.3 Å². The Morgan fingerprint density at radius 2 is 2.39 bits per heavy atom. The van der Waals surface area contributed by atoms with Gasteiger partial charge in [-0.15, -0.1) is 11.3 Å².